The van der Waals surface area contributed by atoms with Crippen LogP contribution in [0.2, 0.25) is 0 Å². The molecule has 196 valence electrons. The lowest BCUT2D eigenvalue weighted by Crippen LogP contribution is -2.14. The lowest BCUT2D eigenvalue weighted by molar-refractivity contribution is 0.627. The summed E-state index contributed by atoms with van der Waals surface area (Å²) in [6.45, 7) is 8.60. The minimum Gasteiger partial charge on any atom is -0.340 e. The molecule has 1 unspecified atom stereocenters. The molecule has 1 atom stereocenters. The summed E-state index contributed by atoms with van der Waals surface area (Å²) in [6, 6.07) is 14.9. The van der Waals surface area contributed by atoms with Gasteiger partial charge in [0.2, 0.25) is 0 Å². The van der Waals surface area contributed by atoms with Gasteiger partial charge in [0.15, 0.2) is 0 Å². The summed E-state index contributed by atoms with van der Waals surface area (Å²) >= 11 is 0. The van der Waals surface area contributed by atoms with Gasteiger partial charge in [-0.2, -0.15) is 0 Å². The van der Waals surface area contributed by atoms with Crippen LogP contribution in [-0.2, 0) is 0 Å². The Labute approximate surface area is 229 Å². The van der Waals surface area contributed by atoms with Gasteiger partial charge in [-0.15, -0.1) is 0 Å². The number of allylic oxidation sites excluding steroid dienone is 7. The molecule has 1 aromatic heterocycles. The smallest absolute Gasteiger partial charge is 0.126 e. The van der Waals surface area contributed by atoms with Crippen LogP contribution in [0.25, 0.3) is 22.0 Å². The van der Waals surface area contributed by atoms with Crippen LogP contribution in [-0.4, -0.2) is 23.5 Å². The molecule has 39 heavy (non-hydrogen) atoms. The second kappa shape index (κ2) is 11.6. The van der Waals surface area contributed by atoms with Crippen LogP contribution >= 0.6 is 0 Å². The van der Waals surface area contributed by atoms with Crippen molar-refractivity contribution >= 4 is 33.5 Å². The van der Waals surface area contributed by atoms with Gasteiger partial charge in [0.25, 0.3) is 0 Å². The van der Waals surface area contributed by atoms with E-state index in [9.17, 15) is 4.39 Å². The van der Waals surface area contributed by atoms with Gasteiger partial charge in [-0.3, -0.25) is 9.98 Å². The minimum atomic E-state index is -0.232. The number of hydrogen-bond donors (Lipinski definition) is 1. The van der Waals surface area contributed by atoms with E-state index in [-0.39, 0.29) is 11.7 Å². The monoisotopic (exact) mass is 516 g/mol. The Morgan fingerprint density at radius 3 is 2.74 bits per heavy atom. The van der Waals surface area contributed by atoms with E-state index >= 15 is 0 Å². The standard InChI is InChI=1S/C34H33FN4/c1-5-30-22(2)19-31(25-11-13-28(35)14-12-25)34(30)32(36-4)16-15-29-7-6-8-33(39-29)38-23(3)26-10-9-24-17-18-37-21-27(24)20-26/h8-21,30,38H,3,5-7H2,1-2,4H3/b16-15-,36-32?. The van der Waals surface area contributed by atoms with E-state index in [1.807, 2.05) is 31.4 Å². The van der Waals surface area contributed by atoms with E-state index in [0.717, 1.165) is 69.7 Å². The third-order valence-electron chi connectivity index (χ3n) is 7.34. The summed E-state index contributed by atoms with van der Waals surface area (Å²) in [5.41, 5.74) is 8.31. The fourth-order valence-electron chi connectivity index (χ4n) is 5.30. The number of aliphatic imine (C=N–C) groups is 2. The van der Waals surface area contributed by atoms with Gasteiger partial charge in [-0.05, 0) is 96.3 Å². The predicted molar refractivity (Wildman–Crippen MR) is 162 cm³/mol. The fourth-order valence-corrected chi connectivity index (χ4v) is 5.30. The summed E-state index contributed by atoms with van der Waals surface area (Å²) in [4.78, 5) is 13.8. The topological polar surface area (TPSA) is 49.6 Å². The molecular formula is C34H33FN4. The number of nitrogens with zero attached hydrogens (tertiary/aromatic N) is 3. The van der Waals surface area contributed by atoms with Crippen molar-refractivity contribution in [2.45, 2.75) is 33.1 Å². The SMILES string of the molecule is C=C(NC1=CCCC(/C=C\C(=NC)C2=C(c3ccc(F)cc3)C=C(C)C2CC)=N1)c1ccc2ccncc2c1. The Kier molecular flexibility index (Phi) is 7.78. The van der Waals surface area contributed by atoms with Crippen molar-refractivity contribution in [3.8, 4) is 0 Å². The number of benzene rings is 2. The third-order valence-corrected chi connectivity index (χ3v) is 7.34. The van der Waals surface area contributed by atoms with Gasteiger partial charge >= 0.3 is 0 Å². The number of hydrogen-bond acceptors (Lipinski definition) is 4. The zero-order chi connectivity index (χ0) is 27.4. The van der Waals surface area contributed by atoms with Crippen molar-refractivity contribution in [3.05, 3.63) is 126 Å². The van der Waals surface area contributed by atoms with Crippen molar-refractivity contribution < 1.29 is 4.39 Å². The van der Waals surface area contributed by atoms with Crippen LogP contribution in [0.4, 0.5) is 4.39 Å². The largest absolute Gasteiger partial charge is 0.340 e. The number of aromatic nitrogens is 1. The van der Waals surface area contributed by atoms with Crippen LogP contribution < -0.4 is 5.32 Å². The van der Waals surface area contributed by atoms with Crippen molar-refractivity contribution in [1.82, 2.24) is 10.3 Å². The lowest BCUT2D eigenvalue weighted by Gasteiger charge is -2.18. The highest BCUT2D eigenvalue weighted by atomic mass is 19.1. The Bertz CT molecular complexity index is 1600. The van der Waals surface area contributed by atoms with Crippen molar-refractivity contribution in [3.63, 3.8) is 0 Å². The van der Waals surface area contributed by atoms with E-state index in [4.69, 9.17) is 4.99 Å². The van der Waals surface area contributed by atoms with Crippen LogP contribution in [0.1, 0.15) is 44.2 Å². The summed E-state index contributed by atoms with van der Waals surface area (Å²) in [5.74, 6) is 0.839. The molecule has 1 aliphatic carbocycles. The molecule has 2 heterocycles. The summed E-state index contributed by atoms with van der Waals surface area (Å²) in [5, 5.41) is 5.61. The quantitative estimate of drug-likeness (QED) is 0.308. The van der Waals surface area contributed by atoms with Gasteiger partial charge in [0.1, 0.15) is 11.6 Å². The average molecular weight is 517 g/mol. The molecule has 2 aliphatic rings. The van der Waals surface area contributed by atoms with Gasteiger partial charge in [-0.1, -0.05) is 49.4 Å². The number of fused-ring (bicyclic) bond motifs is 1. The first kappa shape index (κ1) is 26.2. The maximum Gasteiger partial charge on any atom is 0.126 e. The van der Waals surface area contributed by atoms with E-state index in [0.29, 0.717) is 0 Å². The number of nitrogens with one attached hydrogen (secondary N) is 1. The molecule has 3 aromatic rings. The van der Waals surface area contributed by atoms with Crippen LogP contribution in [0, 0.1) is 11.7 Å². The molecule has 5 rings (SSSR count). The van der Waals surface area contributed by atoms with Crippen molar-refractivity contribution in [2.24, 2.45) is 15.9 Å². The third kappa shape index (κ3) is 5.73. The van der Waals surface area contributed by atoms with E-state index in [1.165, 1.54) is 23.3 Å². The number of pyridine rings is 1. The Balaban J connectivity index is 1.36. The Hall–Kier alpha value is -4.38. The fraction of sp³-hybridized carbons (Fsp3) is 0.206. The molecule has 0 radical (unpaired) electrons. The van der Waals surface area contributed by atoms with Gasteiger partial charge in [0, 0.05) is 42.2 Å². The normalized spacial score (nSPS) is 17.9. The van der Waals surface area contributed by atoms with Crippen molar-refractivity contribution in [1.29, 1.82) is 0 Å². The first-order chi connectivity index (χ1) is 19.0. The highest BCUT2D eigenvalue weighted by Gasteiger charge is 2.27. The summed E-state index contributed by atoms with van der Waals surface area (Å²) in [6.07, 6.45) is 14.8. The molecule has 1 N–H and O–H groups in total. The number of rotatable bonds is 8. The minimum absolute atomic E-state index is 0.232. The molecule has 0 spiro atoms. The van der Waals surface area contributed by atoms with E-state index in [2.05, 4.69) is 78.2 Å². The Morgan fingerprint density at radius 1 is 1.15 bits per heavy atom. The molecule has 0 bridgehead atoms. The molecule has 0 saturated carbocycles. The number of halogens is 1. The zero-order valence-electron chi connectivity index (χ0n) is 22.7. The first-order valence-corrected chi connectivity index (χ1v) is 13.4. The van der Waals surface area contributed by atoms with Crippen LogP contribution in [0.15, 0.2) is 119 Å². The second-order valence-electron chi connectivity index (χ2n) is 9.90. The molecule has 0 saturated heterocycles. The predicted octanol–water partition coefficient (Wildman–Crippen LogP) is 8.08. The highest BCUT2D eigenvalue weighted by molar-refractivity contribution is 6.18. The first-order valence-electron chi connectivity index (χ1n) is 13.4. The van der Waals surface area contributed by atoms with Gasteiger partial charge in [-0.25, -0.2) is 9.38 Å². The second-order valence-corrected chi connectivity index (χ2v) is 9.90. The molecular weight excluding hydrogens is 483 g/mol. The highest BCUT2D eigenvalue weighted by Crippen LogP contribution is 2.40. The average Bonchev–Trinajstić information content (AvgIpc) is 3.29. The maximum absolute atomic E-state index is 13.6. The van der Waals surface area contributed by atoms with Crippen LogP contribution in [0.5, 0.6) is 0 Å². The molecule has 0 fully saturated rings. The van der Waals surface area contributed by atoms with E-state index in [1.54, 1.807) is 6.20 Å². The molecule has 0 amide bonds. The molecule has 4 nitrogen and oxygen atoms in total. The van der Waals surface area contributed by atoms with Crippen LogP contribution in [0.3, 0.4) is 0 Å². The van der Waals surface area contributed by atoms with Gasteiger partial charge in [0.05, 0.1) is 5.71 Å². The summed E-state index contributed by atoms with van der Waals surface area (Å²) < 4.78 is 13.6. The molecule has 5 heteroatoms. The van der Waals surface area contributed by atoms with Gasteiger partial charge < -0.3 is 5.32 Å². The van der Waals surface area contributed by atoms with E-state index < -0.39 is 0 Å². The zero-order valence-corrected chi connectivity index (χ0v) is 22.7. The molecule has 1 aliphatic heterocycles. The Morgan fingerprint density at radius 2 is 1.97 bits per heavy atom. The van der Waals surface area contributed by atoms with Crippen molar-refractivity contribution in [2.75, 3.05) is 7.05 Å². The maximum atomic E-state index is 13.6. The summed E-state index contributed by atoms with van der Waals surface area (Å²) in [7, 11) is 1.83. The lowest BCUT2D eigenvalue weighted by atomic mass is 9.88. The molecule has 2 aromatic carbocycles.